The molecular formula is C11H15BrN2O2S3. The van der Waals surface area contributed by atoms with E-state index in [1.165, 1.54) is 11.3 Å². The van der Waals surface area contributed by atoms with Crippen LogP contribution in [0.1, 0.15) is 32.1 Å². The Kier molecular flexibility index (Phi) is 4.67. The lowest BCUT2D eigenvalue weighted by molar-refractivity contribution is 0.353. The molecule has 1 fully saturated rings. The lowest BCUT2D eigenvalue weighted by Crippen LogP contribution is -2.57. The van der Waals surface area contributed by atoms with E-state index in [0.717, 1.165) is 23.0 Å². The van der Waals surface area contributed by atoms with Crippen LogP contribution in [0.15, 0.2) is 20.1 Å². The maximum atomic E-state index is 12.4. The van der Waals surface area contributed by atoms with Gasteiger partial charge in [0.15, 0.2) is 0 Å². The van der Waals surface area contributed by atoms with Gasteiger partial charge in [-0.15, -0.1) is 11.3 Å². The van der Waals surface area contributed by atoms with Crippen molar-refractivity contribution in [2.75, 3.05) is 0 Å². The number of halogens is 1. The number of nitrogens with one attached hydrogen (secondary N) is 1. The average Bonchev–Trinajstić information content (AvgIpc) is 2.77. The third kappa shape index (κ3) is 3.36. The third-order valence-corrected chi connectivity index (χ3v) is 7.36. The van der Waals surface area contributed by atoms with Gasteiger partial charge in [0.05, 0.1) is 14.3 Å². The van der Waals surface area contributed by atoms with Gasteiger partial charge in [-0.1, -0.05) is 31.5 Å². The summed E-state index contributed by atoms with van der Waals surface area (Å²) in [5.41, 5.74) is 5.03. The first-order valence-corrected chi connectivity index (χ1v) is 9.45. The van der Waals surface area contributed by atoms with Crippen LogP contribution in [0.5, 0.6) is 0 Å². The molecule has 0 radical (unpaired) electrons. The van der Waals surface area contributed by atoms with Crippen LogP contribution < -0.4 is 10.5 Å². The second-order valence-electron chi connectivity index (χ2n) is 4.67. The second kappa shape index (κ2) is 5.77. The summed E-state index contributed by atoms with van der Waals surface area (Å²) in [5.74, 6) is 0. The summed E-state index contributed by atoms with van der Waals surface area (Å²) in [7, 11) is -3.57. The predicted molar refractivity (Wildman–Crippen MR) is 84.9 cm³/mol. The van der Waals surface area contributed by atoms with Crippen molar-refractivity contribution in [3.05, 3.63) is 15.9 Å². The number of hydrogen-bond donors (Lipinski definition) is 2. The highest BCUT2D eigenvalue weighted by Gasteiger charge is 2.39. The monoisotopic (exact) mass is 382 g/mol. The standard InChI is InChI=1S/C11H15BrN2O2S3/c12-8-4-5-9(18-8)19(15,16)14-11(10(13)17)6-2-1-3-7-11/h4-5,14H,1-3,6-7H2,(H2,13,17). The zero-order valence-electron chi connectivity index (χ0n) is 10.2. The molecule has 8 heteroatoms. The number of hydrogen-bond acceptors (Lipinski definition) is 4. The Morgan fingerprint density at radius 1 is 1.37 bits per heavy atom. The average molecular weight is 383 g/mol. The molecule has 0 bridgehead atoms. The normalized spacial score (nSPS) is 19.2. The lowest BCUT2D eigenvalue weighted by atomic mass is 9.82. The minimum Gasteiger partial charge on any atom is -0.392 e. The van der Waals surface area contributed by atoms with Gasteiger partial charge in [0.1, 0.15) is 4.21 Å². The summed E-state index contributed by atoms with van der Waals surface area (Å²) in [6, 6.07) is 3.29. The van der Waals surface area contributed by atoms with Crippen molar-refractivity contribution >= 4 is 54.5 Å². The van der Waals surface area contributed by atoms with Gasteiger partial charge in [0.2, 0.25) is 0 Å². The fraction of sp³-hybridized carbons (Fsp3) is 0.545. The van der Waals surface area contributed by atoms with Gasteiger partial charge in [-0.3, -0.25) is 0 Å². The Hall–Kier alpha value is -0.0200. The fourth-order valence-corrected chi connectivity index (χ4v) is 6.07. The summed E-state index contributed by atoms with van der Waals surface area (Å²) in [5, 5.41) is 0. The molecule has 0 atom stereocenters. The molecule has 4 nitrogen and oxygen atoms in total. The maximum absolute atomic E-state index is 12.4. The Morgan fingerprint density at radius 2 is 2.00 bits per heavy atom. The molecule has 0 amide bonds. The van der Waals surface area contributed by atoms with Crippen molar-refractivity contribution in [3.8, 4) is 0 Å². The van der Waals surface area contributed by atoms with Gasteiger partial charge in [-0.2, -0.15) is 4.72 Å². The van der Waals surface area contributed by atoms with Crippen LogP contribution in [0, 0.1) is 0 Å². The lowest BCUT2D eigenvalue weighted by Gasteiger charge is -2.36. The Balaban J connectivity index is 2.29. The summed E-state index contributed by atoms with van der Waals surface area (Å²) < 4.78 is 28.6. The molecule has 2 rings (SSSR count). The van der Waals surface area contributed by atoms with Crippen LogP contribution in [-0.2, 0) is 10.0 Å². The van der Waals surface area contributed by atoms with Crippen LogP contribution in [-0.4, -0.2) is 18.9 Å². The molecule has 3 N–H and O–H groups in total. The third-order valence-electron chi connectivity index (χ3n) is 3.32. The van der Waals surface area contributed by atoms with Crippen LogP contribution in [0.2, 0.25) is 0 Å². The van der Waals surface area contributed by atoms with E-state index < -0.39 is 15.6 Å². The summed E-state index contributed by atoms with van der Waals surface area (Å²) in [6.07, 6.45) is 4.32. The highest BCUT2D eigenvalue weighted by Crippen LogP contribution is 2.32. The Labute approximate surface area is 130 Å². The molecule has 1 aromatic rings. The van der Waals surface area contributed by atoms with E-state index in [1.54, 1.807) is 12.1 Å². The van der Waals surface area contributed by atoms with Gasteiger partial charge in [-0.25, -0.2) is 8.42 Å². The van der Waals surface area contributed by atoms with Crippen LogP contribution >= 0.6 is 39.5 Å². The Bertz CT molecular complexity index is 577. The van der Waals surface area contributed by atoms with E-state index in [2.05, 4.69) is 20.7 Å². The number of thiophene rings is 1. The number of sulfonamides is 1. The number of rotatable bonds is 4. The molecule has 0 spiro atoms. The molecule has 1 aliphatic rings. The smallest absolute Gasteiger partial charge is 0.250 e. The minimum absolute atomic E-state index is 0.242. The summed E-state index contributed by atoms with van der Waals surface area (Å²) in [4.78, 5) is 0.242. The van der Waals surface area contributed by atoms with E-state index in [9.17, 15) is 8.42 Å². The molecule has 106 valence electrons. The predicted octanol–water partition coefficient (Wildman–Crippen LogP) is 2.78. The van der Waals surface area contributed by atoms with Crippen molar-refractivity contribution in [2.24, 2.45) is 5.73 Å². The zero-order valence-corrected chi connectivity index (χ0v) is 14.2. The summed E-state index contributed by atoms with van der Waals surface area (Å²) >= 11 is 9.54. The summed E-state index contributed by atoms with van der Waals surface area (Å²) in [6.45, 7) is 0. The van der Waals surface area contributed by atoms with Gasteiger partial charge in [0, 0.05) is 0 Å². The largest absolute Gasteiger partial charge is 0.392 e. The van der Waals surface area contributed by atoms with E-state index in [1.807, 2.05) is 0 Å². The maximum Gasteiger partial charge on any atom is 0.250 e. The van der Waals surface area contributed by atoms with Gasteiger partial charge >= 0.3 is 0 Å². The molecule has 1 saturated carbocycles. The van der Waals surface area contributed by atoms with Crippen molar-refractivity contribution in [2.45, 2.75) is 41.9 Å². The zero-order chi connectivity index (χ0) is 14.1. The molecule has 1 aliphatic carbocycles. The fourth-order valence-electron chi connectivity index (χ4n) is 2.30. The number of thiocarbonyl (C=S) groups is 1. The highest BCUT2D eigenvalue weighted by molar-refractivity contribution is 9.11. The van der Waals surface area contributed by atoms with Crippen molar-refractivity contribution in [3.63, 3.8) is 0 Å². The van der Waals surface area contributed by atoms with Crippen molar-refractivity contribution < 1.29 is 8.42 Å². The van der Waals surface area contributed by atoms with E-state index in [4.69, 9.17) is 18.0 Å². The first-order chi connectivity index (χ1) is 8.86. The molecule has 0 saturated heterocycles. The van der Waals surface area contributed by atoms with E-state index in [0.29, 0.717) is 12.8 Å². The SMILES string of the molecule is NC(=S)C1(NS(=O)(=O)c2ccc(Br)s2)CCCCC1. The van der Waals surface area contributed by atoms with Crippen LogP contribution in [0.4, 0.5) is 0 Å². The molecule has 19 heavy (non-hydrogen) atoms. The molecule has 0 unspecified atom stereocenters. The van der Waals surface area contributed by atoms with Crippen molar-refractivity contribution in [1.82, 2.24) is 4.72 Å². The number of nitrogens with two attached hydrogens (primary N) is 1. The van der Waals surface area contributed by atoms with E-state index in [-0.39, 0.29) is 9.20 Å². The Morgan fingerprint density at radius 3 is 2.47 bits per heavy atom. The quantitative estimate of drug-likeness (QED) is 0.785. The topological polar surface area (TPSA) is 72.2 Å². The van der Waals surface area contributed by atoms with Crippen molar-refractivity contribution in [1.29, 1.82) is 0 Å². The van der Waals surface area contributed by atoms with Gasteiger partial charge < -0.3 is 5.73 Å². The molecule has 1 heterocycles. The molecule has 1 aromatic heterocycles. The van der Waals surface area contributed by atoms with E-state index >= 15 is 0 Å². The van der Waals surface area contributed by atoms with Gasteiger partial charge in [0.25, 0.3) is 10.0 Å². The molecule has 0 aromatic carbocycles. The second-order valence-corrected chi connectivity index (χ2v) is 9.48. The highest BCUT2D eigenvalue weighted by atomic mass is 79.9. The molecule has 0 aliphatic heterocycles. The first kappa shape index (κ1) is 15.4. The first-order valence-electron chi connectivity index (χ1n) is 5.95. The minimum atomic E-state index is -3.57. The van der Waals surface area contributed by atoms with Crippen LogP contribution in [0.3, 0.4) is 0 Å². The van der Waals surface area contributed by atoms with Gasteiger partial charge in [-0.05, 0) is 40.9 Å². The van der Waals surface area contributed by atoms with Crippen LogP contribution in [0.25, 0.3) is 0 Å². The molecular weight excluding hydrogens is 368 g/mol.